The minimum atomic E-state index is 0.709. The molecule has 1 N–H and O–H groups in total. The van der Waals surface area contributed by atoms with Gasteiger partial charge in [0.2, 0.25) is 0 Å². The number of methoxy groups -OCH3 is 1. The zero-order valence-corrected chi connectivity index (χ0v) is 17.9. The number of aryl methyl sites for hydroxylation is 2. The first-order valence-electron chi connectivity index (χ1n) is 9.96. The van der Waals surface area contributed by atoms with E-state index in [1.807, 2.05) is 24.3 Å². The maximum absolute atomic E-state index is 5.31. The zero-order valence-electron chi connectivity index (χ0n) is 16.4. The van der Waals surface area contributed by atoms with E-state index >= 15 is 0 Å². The van der Waals surface area contributed by atoms with E-state index in [1.54, 1.807) is 7.11 Å². The third kappa shape index (κ3) is 3.42. The third-order valence-electron chi connectivity index (χ3n) is 5.61. The van der Waals surface area contributed by atoms with Gasteiger partial charge in [-0.05, 0) is 61.2 Å². The summed E-state index contributed by atoms with van der Waals surface area (Å²) in [4.78, 5) is 0. The molecule has 0 atom stereocenters. The molecule has 5 nitrogen and oxygen atoms in total. The average Bonchev–Trinajstić information content (AvgIpc) is 3.17. The van der Waals surface area contributed by atoms with Crippen LogP contribution in [0.3, 0.4) is 0 Å². The lowest BCUT2D eigenvalue weighted by molar-refractivity contribution is 0.415. The van der Waals surface area contributed by atoms with Crippen LogP contribution in [0.1, 0.15) is 24.2 Å². The Morgan fingerprint density at radius 3 is 2.62 bits per heavy atom. The predicted molar refractivity (Wildman–Crippen MR) is 120 cm³/mol. The fourth-order valence-corrected chi connectivity index (χ4v) is 4.40. The number of benzene rings is 2. The molecule has 1 aliphatic heterocycles. The number of aromatic nitrogens is 3. The van der Waals surface area contributed by atoms with Gasteiger partial charge in [-0.25, -0.2) is 4.52 Å². The molecular weight excluding hydrogens is 428 g/mol. The average molecular weight is 451 g/mol. The van der Waals surface area contributed by atoms with Crippen LogP contribution < -0.4 is 10.1 Å². The van der Waals surface area contributed by atoms with E-state index in [9.17, 15) is 0 Å². The van der Waals surface area contributed by atoms with Crippen molar-refractivity contribution in [1.29, 1.82) is 0 Å². The molecule has 148 valence electrons. The van der Waals surface area contributed by atoms with Crippen molar-refractivity contribution in [3.05, 3.63) is 70.6 Å². The van der Waals surface area contributed by atoms with Gasteiger partial charge in [0.05, 0.1) is 13.7 Å². The van der Waals surface area contributed by atoms with Crippen LogP contribution in [-0.2, 0) is 19.5 Å². The molecule has 0 radical (unpaired) electrons. The Morgan fingerprint density at radius 2 is 1.86 bits per heavy atom. The van der Waals surface area contributed by atoms with E-state index < -0.39 is 0 Å². The van der Waals surface area contributed by atoms with Crippen LogP contribution in [0, 0.1) is 0 Å². The Balaban J connectivity index is 1.50. The van der Waals surface area contributed by atoms with Crippen molar-refractivity contribution >= 4 is 27.3 Å². The molecule has 6 heteroatoms. The maximum atomic E-state index is 5.31. The molecule has 0 bridgehead atoms. The Kier molecular flexibility index (Phi) is 4.79. The summed E-state index contributed by atoms with van der Waals surface area (Å²) in [5, 5.41) is 8.43. The standard InChI is InChI=1S/C23H23BrN4O/c1-29-19-11-5-16(6-12-19)21-15-28-23-20(21)4-2-3-13-27(23)22(26-28)14-25-18-9-7-17(24)8-10-18/h5-12,15,25H,2-4,13-14H2,1H3. The predicted octanol–water partition coefficient (Wildman–Crippen LogP) is 5.52. The monoisotopic (exact) mass is 450 g/mol. The van der Waals surface area contributed by atoms with Crippen LogP contribution in [-0.4, -0.2) is 21.3 Å². The van der Waals surface area contributed by atoms with Crippen molar-refractivity contribution in [2.75, 3.05) is 12.4 Å². The summed E-state index contributed by atoms with van der Waals surface area (Å²) in [6.07, 6.45) is 5.64. The van der Waals surface area contributed by atoms with Crippen LogP contribution in [0.4, 0.5) is 5.69 Å². The molecule has 0 fully saturated rings. The highest BCUT2D eigenvalue weighted by molar-refractivity contribution is 9.10. The summed E-state index contributed by atoms with van der Waals surface area (Å²) < 4.78 is 10.9. The summed E-state index contributed by atoms with van der Waals surface area (Å²) >= 11 is 3.49. The summed E-state index contributed by atoms with van der Waals surface area (Å²) in [7, 11) is 1.70. The highest BCUT2D eigenvalue weighted by Gasteiger charge is 2.22. The van der Waals surface area contributed by atoms with Crippen LogP contribution >= 0.6 is 15.9 Å². The largest absolute Gasteiger partial charge is 0.497 e. The van der Waals surface area contributed by atoms with Crippen LogP contribution in [0.5, 0.6) is 5.75 Å². The van der Waals surface area contributed by atoms with E-state index in [0.29, 0.717) is 6.54 Å². The van der Waals surface area contributed by atoms with Gasteiger partial charge in [-0.15, -0.1) is 0 Å². The number of nitrogens with zero attached hydrogens (tertiary/aromatic N) is 3. The highest BCUT2D eigenvalue weighted by Crippen LogP contribution is 2.33. The van der Waals surface area contributed by atoms with Crippen molar-refractivity contribution in [3.8, 4) is 16.9 Å². The molecular formula is C23H23BrN4O. The lowest BCUT2D eigenvalue weighted by Crippen LogP contribution is -2.09. The van der Waals surface area contributed by atoms with Crippen LogP contribution in [0.15, 0.2) is 59.2 Å². The number of rotatable bonds is 5. The van der Waals surface area contributed by atoms with Crippen molar-refractivity contribution in [2.45, 2.75) is 32.4 Å². The molecule has 2 aromatic carbocycles. The lowest BCUT2D eigenvalue weighted by atomic mass is 10.0. The molecule has 0 unspecified atom stereocenters. The van der Waals surface area contributed by atoms with Gasteiger partial charge in [0, 0.05) is 34.0 Å². The van der Waals surface area contributed by atoms with Gasteiger partial charge in [-0.3, -0.25) is 0 Å². The first-order valence-corrected chi connectivity index (χ1v) is 10.8. The van der Waals surface area contributed by atoms with Gasteiger partial charge < -0.3 is 14.6 Å². The highest BCUT2D eigenvalue weighted by atomic mass is 79.9. The third-order valence-corrected chi connectivity index (χ3v) is 6.14. The number of anilines is 1. The molecule has 0 spiro atoms. The Bertz CT molecular complexity index is 1140. The first kappa shape index (κ1) is 18.3. The number of nitrogens with one attached hydrogen (secondary N) is 1. The Morgan fingerprint density at radius 1 is 1.07 bits per heavy atom. The molecule has 0 aliphatic carbocycles. The summed E-state index contributed by atoms with van der Waals surface area (Å²) in [6, 6.07) is 16.6. The normalized spacial score (nSPS) is 13.4. The number of hydrogen-bond donors (Lipinski definition) is 1. The molecule has 3 heterocycles. The topological polar surface area (TPSA) is 43.5 Å². The van der Waals surface area contributed by atoms with Crippen molar-refractivity contribution in [1.82, 2.24) is 14.2 Å². The van der Waals surface area contributed by atoms with Crippen molar-refractivity contribution in [2.24, 2.45) is 0 Å². The van der Waals surface area contributed by atoms with Gasteiger partial charge >= 0.3 is 0 Å². The molecule has 2 aromatic heterocycles. The zero-order chi connectivity index (χ0) is 19.8. The SMILES string of the molecule is COc1ccc(-c2cn3nc(CNc4ccc(Br)cc4)n4c3c2CCCC4)cc1. The fourth-order valence-electron chi connectivity index (χ4n) is 4.14. The summed E-state index contributed by atoms with van der Waals surface area (Å²) in [5.41, 5.74) is 6.23. The summed E-state index contributed by atoms with van der Waals surface area (Å²) in [6.45, 7) is 1.72. The van der Waals surface area contributed by atoms with E-state index in [2.05, 4.69) is 60.8 Å². The first-order chi connectivity index (χ1) is 14.2. The van der Waals surface area contributed by atoms with E-state index in [0.717, 1.165) is 34.7 Å². The minimum absolute atomic E-state index is 0.709. The Hall–Kier alpha value is -2.73. The van der Waals surface area contributed by atoms with Gasteiger partial charge in [0.15, 0.2) is 5.82 Å². The second kappa shape index (κ2) is 7.59. The van der Waals surface area contributed by atoms with E-state index in [4.69, 9.17) is 9.84 Å². The smallest absolute Gasteiger partial charge is 0.150 e. The number of halogens is 1. The summed E-state index contributed by atoms with van der Waals surface area (Å²) in [5.74, 6) is 1.96. The van der Waals surface area contributed by atoms with Gasteiger partial charge in [0.25, 0.3) is 0 Å². The van der Waals surface area contributed by atoms with E-state index in [1.165, 1.54) is 35.2 Å². The lowest BCUT2D eigenvalue weighted by Gasteiger charge is -2.09. The Labute approximate surface area is 178 Å². The fraction of sp³-hybridized carbons (Fsp3) is 0.261. The van der Waals surface area contributed by atoms with Gasteiger partial charge in [0.1, 0.15) is 11.4 Å². The second-order valence-corrected chi connectivity index (χ2v) is 8.32. The molecule has 1 aliphatic rings. The van der Waals surface area contributed by atoms with Crippen LogP contribution in [0.25, 0.3) is 16.8 Å². The quantitative estimate of drug-likeness (QED) is 0.435. The maximum Gasteiger partial charge on any atom is 0.150 e. The molecule has 0 saturated carbocycles. The molecule has 0 saturated heterocycles. The van der Waals surface area contributed by atoms with Gasteiger partial charge in [-0.1, -0.05) is 28.1 Å². The number of hydrogen-bond acceptors (Lipinski definition) is 3. The van der Waals surface area contributed by atoms with Crippen molar-refractivity contribution < 1.29 is 4.74 Å². The molecule has 29 heavy (non-hydrogen) atoms. The number of ether oxygens (including phenoxy) is 1. The second-order valence-electron chi connectivity index (χ2n) is 7.40. The van der Waals surface area contributed by atoms with Gasteiger partial charge in [-0.2, -0.15) is 5.10 Å². The molecule has 5 rings (SSSR count). The minimum Gasteiger partial charge on any atom is -0.497 e. The van der Waals surface area contributed by atoms with Crippen molar-refractivity contribution in [3.63, 3.8) is 0 Å². The van der Waals surface area contributed by atoms with E-state index in [-0.39, 0.29) is 0 Å². The molecule has 0 amide bonds. The van der Waals surface area contributed by atoms with Crippen LogP contribution in [0.2, 0.25) is 0 Å². The molecule has 4 aromatic rings.